The molecule has 1 aromatic heterocycles. The summed E-state index contributed by atoms with van der Waals surface area (Å²) in [6.07, 6.45) is 0. The molecule has 3 nitrogen and oxygen atoms in total. The first-order chi connectivity index (χ1) is 9.58. The normalized spacial score (nSPS) is 10.3. The molecule has 0 atom stereocenters. The van der Waals surface area contributed by atoms with Crippen LogP contribution < -0.4 is 10.1 Å². The predicted molar refractivity (Wildman–Crippen MR) is 82.6 cm³/mol. The van der Waals surface area contributed by atoms with Gasteiger partial charge in [-0.15, -0.1) is 11.3 Å². The van der Waals surface area contributed by atoms with Crippen molar-refractivity contribution in [3.05, 3.63) is 50.7 Å². The van der Waals surface area contributed by atoms with Gasteiger partial charge in [-0.25, -0.2) is 0 Å². The van der Waals surface area contributed by atoms with Crippen LogP contribution in [0.25, 0.3) is 0 Å². The first-order valence-corrected chi connectivity index (χ1v) is 7.51. The molecule has 1 N–H and O–H groups in total. The number of halogens is 1. The van der Waals surface area contributed by atoms with Crippen molar-refractivity contribution in [3.63, 3.8) is 0 Å². The predicted octanol–water partition coefficient (Wildman–Crippen LogP) is 3.71. The highest BCUT2D eigenvalue weighted by molar-refractivity contribution is 7.10. The highest BCUT2D eigenvalue weighted by Crippen LogP contribution is 2.23. The van der Waals surface area contributed by atoms with Crippen molar-refractivity contribution >= 4 is 28.8 Å². The summed E-state index contributed by atoms with van der Waals surface area (Å²) >= 11 is 7.64. The summed E-state index contributed by atoms with van der Waals surface area (Å²) in [6.45, 7) is 4.63. The fourth-order valence-electron chi connectivity index (χ4n) is 1.69. The van der Waals surface area contributed by atoms with Gasteiger partial charge in [-0.05, 0) is 42.5 Å². The van der Waals surface area contributed by atoms with E-state index < -0.39 is 0 Å². The van der Waals surface area contributed by atoms with E-state index in [4.69, 9.17) is 16.3 Å². The van der Waals surface area contributed by atoms with Crippen molar-refractivity contribution in [3.8, 4) is 5.75 Å². The minimum absolute atomic E-state index is 0.0358. The summed E-state index contributed by atoms with van der Waals surface area (Å²) in [4.78, 5) is 13.0. The number of ether oxygens (including phenoxy) is 1. The molecule has 0 bridgehead atoms. The SMILES string of the molecule is Cc1scc(CNC(=O)COc2ccccc2Cl)c1C. The van der Waals surface area contributed by atoms with Crippen LogP contribution in [0.2, 0.25) is 5.02 Å². The second-order valence-electron chi connectivity index (χ2n) is 4.44. The summed E-state index contributed by atoms with van der Waals surface area (Å²) in [6, 6.07) is 7.10. The lowest BCUT2D eigenvalue weighted by Crippen LogP contribution is -2.28. The Morgan fingerprint density at radius 1 is 1.35 bits per heavy atom. The van der Waals surface area contributed by atoms with Crippen molar-refractivity contribution in [2.45, 2.75) is 20.4 Å². The van der Waals surface area contributed by atoms with E-state index in [1.54, 1.807) is 23.5 Å². The van der Waals surface area contributed by atoms with Crippen molar-refractivity contribution < 1.29 is 9.53 Å². The molecule has 1 aromatic carbocycles. The van der Waals surface area contributed by atoms with Gasteiger partial charge in [0.1, 0.15) is 5.75 Å². The molecule has 0 aliphatic rings. The molecule has 0 saturated heterocycles. The molecular weight excluding hydrogens is 294 g/mol. The standard InChI is InChI=1S/C15H16ClNO2S/c1-10-11(2)20-9-12(10)7-17-15(18)8-19-14-6-4-3-5-13(14)16/h3-6,9H,7-8H2,1-2H3,(H,17,18). The molecule has 106 valence electrons. The largest absolute Gasteiger partial charge is 0.482 e. The van der Waals surface area contributed by atoms with Crippen LogP contribution in [-0.4, -0.2) is 12.5 Å². The number of carbonyl (C=O) groups excluding carboxylic acids is 1. The van der Waals surface area contributed by atoms with Gasteiger partial charge < -0.3 is 10.1 Å². The summed E-state index contributed by atoms with van der Waals surface area (Å²) < 4.78 is 5.38. The molecule has 0 spiro atoms. The van der Waals surface area contributed by atoms with Crippen LogP contribution >= 0.6 is 22.9 Å². The second-order valence-corrected chi connectivity index (χ2v) is 5.93. The van der Waals surface area contributed by atoms with Gasteiger partial charge in [0.05, 0.1) is 5.02 Å². The van der Waals surface area contributed by atoms with Crippen molar-refractivity contribution in [2.75, 3.05) is 6.61 Å². The van der Waals surface area contributed by atoms with Crippen LogP contribution in [0.1, 0.15) is 16.0 Å². The number of benzene rings is 1. The molecular formula is C15H16ClNO2S. The zero-order valence-electron chi connectivity index (χ0n) is 11.4. The number of nitrogens with one attached hydrogen (secondary N) is 1. The maximum absolute atomic E-state index is 11.7. The fraction of sp³-hybridized carbons (Fsp3) is 0.267. The Morgan fingerprint density at radius 3 is 2.75 bits per heavy atom. The summed E-state index contributed by atoms with van der Waals surface area (Å²) in [5.41, 5.74) is 2.39. The maximum atomic E-state index is 11.7. The van der Waals surface area contributed by atoms with E-state index in [-0.39, 0.29) is 12.5 Å². The van der Waals surface area contributed by atoms with Gasteiger partial charge >= 0.3 is 0 Å². The first kappa shape index (κ1) is 14.9. The number of carbonyl (C=O) groups is 1. The molecule has 1 amide bonds. The molecule has 0 aliphatic carbocycles. The molecule has 0 radical (unpaired) electrons. The van der Waals surface area contributed by atoms with E-state index in [0.717, 1.165) is 5.56 Å². The fourth-order valence-corrected chi connectivity index (χ4v) is 2.76. The molecule has 0 fully saturated rings. The number of hydrogen-bond donors (Lipinski definition) is 1. The molecule has 2 aromatic rings. The van der Waals surface area contributed by atoms with Gasteiger partial charge in [0.2, 0.25) is 0 Å². The molecule has 0 saturated carbocycles. The Morgan fingerprint density at radius 2 is 2.10 bits per heavy atom. The summed E-state index contributed by atoms with van der Waals surface area (Å²) in [5.74, 6) is 0.361. The van der Waals surface area contributed by atoms with Gasteiger partial charge in [0.25, 0.3) is 5.91 Å². The van der Waals surface area contributed by atoms with Gasteiger partial charge in [-0.3, -0.25) is 4.79 Å². The molecule has 0 unspecified atom stereocenters. The Balaban J connectivity index is 1.82. The molecule has 5 heteroatoms. The average molecular weight is 310 g/mol. The van der Waals surface area contributed by atoms with E-state index in [9.17, 15) is 4.79 Å². The number of hydrogen-bond acceptors (Lipinski definition) is 3. The average Bonchev–Trinajstić information content (AvgIpc) is 2.76. The van der Waals surface area contributed by atoms with Crippen LogP contribution in [0, 0.1) is 13.8 Å². The molecule has 20 heavy (non-hydrogen) atoms. The van der Waals surface area contributed by atoms with Gasteiger partial charge in [-0.2, -0.15) is 0 Å². The van der Waals surface area contributed by atoms with E-state index in [1.165, 1.54) is 10.4 Å². The zero-order chi connectivity index (χ0) is 14.5. The lowest BCUT2D eigenvalue weighted by molar-refractivity contribution is -0.123. The number of amides is 1. The first-order valence-electron chi connectivity index (χ1n) is 6.25. The molecule has 0 aliphatic heterocycles. The van der Waals surface area contributed by atoms with Crippen molar-refractivity contribution in [2.24, 2.45) is 0 Å². The number of para-hydroxylation sites is 1. The van der Waals surface area contributed by atoms with Crippen LogP contribution in [-0.2, 0) is 11.3 Å². The van der Waals surface area contributed by atoms with Crippen LogP contribution in [0.5, 0.6) is 5.75 Å². The highest BCUT2D eigenvalue weighted by atomic mass is 35.5. The third-order valence-corrected chi connectivity index (χ3v) is 4.43. The Kier molecular flexibility index (Phi) is 5.04. The third kappa shape index (κ3) is 3.74. The van der Waals surface area contributed by atoms with Gasteiger partial charge in [-0.1, -0.05) is 23.7 Å². The van der Waals surface area contributed by atoms with Gasteiger partial charge in [0.15, 0.2) is 6.61 Å². The number of aryl methyl sites for hydroxylation is 1. The van der Waals surface area contributed by atoms with E-state index in [0.29, 0.717) is 17.3 Å². The molecule has 2 rings (SSSR count). The third-order valence-electron chi connectivity index (χ3n) is 3.06. The van der Waals surface area contributed by atoms with E-state index >= 15 is 0 Å². The second kappa shape index (κ2) is 6.77. The Bertz CT molecular complexity index is 610. The maximum Gasteiger partial charge on any atom is 0.258 e. The van der Waals surface area contributed by atoms with Crippen LogP contribution in [0.4, 0.5) is 0 Å². The van der Waals surface area contributed by atoms with Crippen LogP contribution in [0.3, 0.4) is 0 Å². The lowest BCUT2D eigenvalue weighted by Gasteiger charge is -2.08. The Labute approximate surface area is 127 Å². The quantitative estimate of drug-likeness (QED) is 0.914. The topological polar surface area (TPSA) is 38.3 Å². The number of rotatable bonds is 5. The monoisotopic (exact) mass is 309 g/mol. The minimum atomic E-state index is -0.159. The van der Waals surface area contributed by atoms with Crippen LogP contribution in [0.15, 0.2) is 29.6 Å². The summed E-state index contributed by atoms with van der Waals surface area (Å²) in [5, 5.41) is 5.42. The lowest BCUT2D eigenvalue weighted by atomic mass is 10.2. The van der Waals surface area contributed by atoms with Gasteiger partial charge in [0, 0.05) is 11.4 Å². The Hall–Kier alpha value is -1.52. The smallest absolute Gasteiger partial charge is 0.258 e. The minimum Gasteiger partial charge on any atom is -0.482 e. The summed E-state index contributed by atoms with van der Waals surface area (Å²) in [7, 11) is 0. The van der Waals surface area contributed by atoms with E-state index in [2.05, 4.69) is 24.5 Å². The zero-order valence-corrected chi connectivity index (χ0v) is 13.0. The molecule has 1 heterocycles. The van der Waals surface area contributed by atoms with Crippen molar-refractivity contribution in [1.82, 2.24) is 5.32 Å². The van der Waals surface area contributed by atoms with E-state index in [1.807, 2.05) is 12.1 Å². The number of thiophene rings is 1. The highest BCUT2D eigenvalue weighted by Gasteiger charge is 2.08. The van der Waals surface area contributed by atoms with Crippen molar-refractivity contribution in [1.29, 1.82) is 0 Å².